The van der Waals surface area contributed by atoms with Crippen LogP contribution in [0.4, 0.5) is 4.39 Å². The van der Waals surface area contributed by atoms with Gasteiger partial charge in [-0.25, -0.2) is 9.87 Å². The van der Waals surface area contributed by atoms with Crippen LogP contribution in [0.15, 0.2) is 48.8 Å². The number of rotatable bonds is 3. The minimum atomic E-state index is -0.685. The van der Waals surface area contributed by atoms with Crippen LogP contribution in [0.25, 0.3) is 10.9 Å². The summed E-state index contributed by atoms with van der Waals surface area (Å²) in [4.78, 5) is 15.4. The van der Waals surface area contributed by atoms with Gasteiger partial charge in [-0.05, 0) is 18.2 Å². The number of benzene rings is 1. The molecule has 0 bridgehead atoms. The lowest BCUT2D eigenvalue weighted by Gasteiger charge is -2.07. The Labute approximate surface area is 119 Å². The molecule has 0 radical (unpaired) electrons. The highest BCUT2D eigenvalue weighted by atomic mass is 19.1. The number of nitrogens with zero attached hydrogens (tertiary/aromatic N) is 2. The third-order valence-corrected chi connectivity index (χ3v) is 3.29. The summed E-state index contributed by atoms with van der Waals surface area (Å²) in [5.41, 5.74) is 2.94. The van der Waals surface area contributed by atoms with Gasteiger partial charge in [-0.15, -0.1) is 0 Å². The molecule has 0 saturated heterocycles. The molecule has 6 heteroatoms. The average Bonchev–Trinajstić information content (AvgIpc) is 2.91. The van der Waals surface area contributed by atoms with Crippen molar-refractivity contribution in [1.82, 2.24) is 15.0 Å². The fourth-order valence-electron chi connectivity index (χ4n) is 2.21. The Kier molecular flexibility index (Phi) is 3.37. The molecule has 3 rings (SSSR count). The molecule has 0 fully saturated rings. The Morgan fingerprint density at radius 3 is 2.90 bits per heavy atom. The van der Waals surface area contributed by atoms with Gasteiger partial charge in [0.15, 0.2) is 0 Å². The third kappa shape index (κ3) is 2.48. The van der Waals surface area contributed by atoms with Crippen molar-refractivity contribution in [3.63, 3.8) is 0 Å². The van der Waals surface area contributed by atoms with Crippen molar-refractivity contribution in [1.29, 1.82) is 0 Å². The number of aromatic nitrogens is 2. The van der Waals surface area contributed by atoms with Crippen LogP contribution in [0, 0.1) is 5.82 Å². The maximum atomic E-state index is 13.7. The summed E-state index contributed by atoms with van der Waals surface area (Å²) in [6.07, 6.45) is 3.34. The smallest absolute Gasteiger partial charge is 0.293 e. The van der Waals surface area contributed by atoms with E-state index in [2.05, 4.69) is 4.98 Å². The molecule has 1 aromatic carbocycles. The number of hydroxylamine groups is 1. The van der Waals surface area contributed by atoms with E-state index in [0.717, 1.165) is 10.9 Å². The van der Waals surface area contributed by atoms with Gasteiger partial charge < -0.3 is 4.57 Å². The van der Waals surface area contributed by atoms with E-state index in [0.29, 0.717) is 12.1 Å². The first kappa shape index (κ1) is 13.3. The van der Waals surface area contributed by atoms with E-state index >= 15 is 0 Å². The second kappa shape index (κ2) is 5.34. The summed E-state index contributed by atoms with van der Waals surface area (Å²) in [6.45, 7) is 0.348. The van der Waals surface area contributed by atoms with Gasteiger partial charge >= 0.3 is 0 Å². The van der Waals surface area contributed by atoms with Crippen LogP contribution in [-0.2, 0) is 6.54 Å². The van der Waals surface area contributed by atoms with E-state index < -0.39 is 5.91 Å². The van der Waals surface area contributed by atoms with Crippen molar-refractivity contribution in [3.05, 3.63) is 65.9 Å². The maximum absolute atomic E-state index is 13.7. The molecule has 2 aromatic heterocycles. The normalized spacial score (nSPS) is 10.8. The molecular formula is C15H12FN3O2. The Morgan fingerprint density at radius 1 is 1.33 bits per heavy atom. The largest absolute Gasteiger partial charge is 0.343 e. The minimum Gasteiger partial charge on any atom is -0.343 e. The quantitative estimate of drug-likeness (QED) is 0.573. The molecule has 0 spiro atoms. The zero-order chi connectivity index (χ0) is 14.8. The molecular weight excluding hydrogens is 273 g/mol. The fraction of sp³-hybridized carbons (Fsp3) is 0.0667. The molecule has 3 aromatic rings. The zero-order valence-electron chi connectivity index (χ0n) is 11.0. The van der Waals surface area contributed by atoms with Crippen LogP contribution in [-0.4, -0.2) is 20.7 Å². The van der Waals surface area contributed by atoms with Gasteiger partial charge in [0.1, 0.15) is 11.5 Å². The average molecular weight is 285 g/mol. The Balaban J connectivity index is 2.03. The lowest BCUT2D eigenvalue weighted by Crippen LogP contribution is -2.19. The number of carbonyl (C=O) groups excluding carboxylic acids is 1. The first-order valence-corrected chi connectivity index (χ1v) is 6.32. The van der Waals surface area contributed by atoms with E-state index in [1.807, 2.05) is 10.6 Å². The van der Waals surface area contributed by atoms with E-state index in [9.17, 15) is 9.18 Å². The molecule has 0 atom stereocenters. The van der Waals surface area contributed by atoms with E-state index in [4.69, 9.17) is 5.21 Å². The predicted molar refractivity (Wildman–Crippen MR) is 74.5 cm³/mol. The first-order valence-electron chi connectivity index (χ1n) is 6.32. The number of hydrogen-bond donors (Lipinski definition) is 2. The number of nitrogens with one attached hydrogen (secondary N) is 1. The fourth-order valence-corrected chi connectivity index (χ4v) is 2.21. The molecule has 106 valence electrons. The number of amides is 1. The molecule has 5 nitrogen and oxygen atoms in total. The van der Waals surface area contributed by atoms with Crippen molar-refractivity contribution in [2.45, 2.75) is 6.54 Å². The highest BCUT2D eigenvalue weighted by molar-refractivity contribution is 5.95. The SMILES string of the molecule is O=C(NO)c1cc2c(ccn2Cc2ccccc2F)cn1. The number of hydrogen-bond acceptors (Lipinski definition) is 3. The Morgan fingerprint density at radius 2 is 2.14 bits per heavy atom. The van der Waals surface area contributed by atoms with Crippen molar-refractivity contribution < 1.29 is 14.4 Å². The van der Waals surface area contributed by atoms with E-state index in [1.165, 1.54) is 12.3 Å². The van der Waals surface area contributed by atoms with Gasteiger partial charge in [0.25, 0.3) is 5.91 Å². The highest BCUT2D eigenvalue weighted by Crippen LogP contribution is 2.18. The second-order valence-electron chi connectivity index (χ2n) is 4.60. The lowest BCUT2D eigenvalue weighted by molar-refractivity contribution is 0.0701. The molecule has 1 amide bonds. The predicted octanol–water partition coefficient (Wildman–Crippen LogP) is 2.34. The monoisotopic (exact) mass is 285 g/mol. The van der Waals surface area contributed by atoms with Crippen LogP contribution in [0.1, 0.15) is 16.1 Å². The molecule has 0 aliphatic carbocycles. The van der Waals surface area contributed by atoms with Crippen molar-refractivity contribution in [3.8, 4) is 0 Å². The maximum Gasteiger partial charge on any atom is 0.293 e. The zero-order valence-corrected chi connectivity index (χ0v) is 11.0. The first-order chi connectivity index (χ1) is 10.2. The standard InChI is InChI=1S/C15H12FN3O2/c16-12-4-2-1-3-11(12)9-19-6-5-10-8-17-13(7-14(10)19)15(20)18-21/h1-8,21H,9H2,(H,18,20). The summed E-state index contributed by atoms with van der Waals surface area (Å²) in [5.74, 6) is -0.961. The summed E-state index contributed by atoms with van der Waals surface area (Å²) in [6, 6.07) is 9.93. The van der Waals surface area contributed by atoms with Gasteiger partial charge in [0.05, 0.1) is 12.1 Å². The molecule has 0 aliphatic rings. The molecule has 0 aliphatic heterocycles. The van der Waals surface area contributed by atoms with Crippen molar-refractivity contribution >= 4 is 16.8 Å². The van der Waals surface area contributed by atoms with Crippen LogP contribution in [0.3, 0.4) is 0 Å². The molecule has 0 unspecified atom stereocenters. The number of pyridine rings is 1. The summed E-state index contributed by atoms with van der Waals surface area (Å²) in [5, 5.41) is 9.49. The number of fused-ring (bicyclic) bond motifs is 1. The summed E-state index contributed by atoms with van der Waals surface area (Å²) < 4.78 is 15.5. The Bertz CT molecular complexity index is 814. The van der Waals surface area contributed by atoms with Gasteiger partial charge in [0, 0.05) is 23.3 Å². The summed E-state index contributed by atoms with van der Waals surface area (Å²) >= 11 is 0. The Hall–Kier alpha value is -2.73. The molecule has 0 saturated carbocycles. The molecule has 2 N–H and O–H groups in total. The van der Waals surface area contributed by atoms with Crippen LogP contribution < -0.4 is 5.48 Å². The molecule has 21 heavy (non-hydrogen) atoms. The van der Waals surface area contributed by atoms with Crippen molar-refractivity contribution in [2.24, 2.45) is 0 Å². The number of carbonyl (C=O) groups is 1. The van der Waals surface area contributed by atoms with E-state index in [1.54, 1.807) is 35.9 Å². The van der Waals surface area contributed by atoms with Gasteiger partial charge in [0.2, 0.25) is 0 Å². The second-order valence-corrected chi connectivity index (χ2v) is 4.60. The van der Waals surface area contributed by atoms with Crippen LogP contribution >= 0.6 is 0 Å². The molecule has 2 heterocycles. The van der Waals surface area contributed by atoms with E-state index in [-0.39, 0.29) is 11.5 Å². The van der Waals surface area contributed by atoms with Crippen molar-refractivity contribution in [2.75, 3.05) is 0 Å². The highest BCUT2D eigenvalue weighted by Gasteiger charge is 2.10. The van der Waals surface area contributed by atoms with Gasteiger partial charge in [-0.2, -0.15) is 0 Å². The van der Waals surface area contributed by atoms with Gasteiger partial charge in [-0.1, -0.05) is 18.2 Å². The topological polar surface area (TPSA) is 67.2 Å². The third-order valence-electron chi connectivity index (χ3n) is 3.29. The number of halogens is 1. The summed E-state index contributed by atoms with van der Waals surface area (Å²) in [7, 11) is 0. The van der Waals surface area contributed by atoms with Gasteiger partial charge in [-0.3, -0.25) is 15.0 Å². The van der Waals surface area contributed by atoms with Crippen LogP contribution in [0.5, 0.6) is 0 Å². The minimum absolute atomic E-state index is 0.0958. The lowest BCUT2D eigenvalue weighted by atomic mass is 10.2. The van der Waals surface area contributed by atoms with Crippen LogP contribution in [0.2, 0.25) is 0 Å².